The van der Waals surface area contributed by atoms with E-state index in [-0.39, 0.29) is 25.5 Å². The molecule has 6 heteroatoms. The first kappa shape index (κ1) is 17.5. The molecule has 0 aliphatic heterocycles. The largest absolute Gasteiger partial charge is 0.493 e. The van der Waals surface area contributed by atoms with Gasteiger partial charge in [0.2, 0.25) is 5.91 Å². The third-order valence-corrected chi connectivity index (χ3v) is 3.33. The Morgan fingerprint density at radius 3 is 2.29 bits per heavy atom. The summed E-state index contributed by atoms with van der Waals surface area (Å²) in [6, 6.07) is 7.30. The Balaban J connectivity index is 2.54. The number of carbonyl (C=O) groups excluding carboxylic acids is 1. The van der Waals surface area contributed by atoms with Gasteiger partial charge in [0.1, 0.15) is 12.3 Å². The van der Waals surface area contributed by atoms with E-state index in [4.69, 9.17) is 9.84 Å². The summed E-state index contributed by atoms with van der Waals surface area (Å²) in [6.07, 6.45) is 0.139. The molecular formula is C15H20BrNO4. The lowest BCUT2D eigenvalue weighted by molar-refractivity contribution is -0.148. The number of ether oxygens (including phenoxy) is 1. The summed E-state index contributed by atoms with van der Waals surface area (Å²) in [4.78, 5) is 24.4. The third kappa shape index (κ3) is 6.16. The molecule has 116 valence electrons. The van der Waals surface area contributed by atoms with Gasteiger partial charge in [-0.3, -0.25) is 9.59 Å². The van der Waals surface area contributed by atoms with Gasteiger partial charge in [0, 0.05) is 10.0 Å². The van der Waals surface area contributed by atoms with E-state index in [1.54, 1.807) is 12.1 Å². The summed E-state index contributed by atoms with van der Waals surface area (Å²) in [5.41, 5.74) is -0.535. The Bertz CT molecular complexity index is 493. The normalized spacial score (nSPS) is 11.0. The van der Waals surface area contributed by atoms with Crippen molar-refractivity contribution >= 4 is 27.8 Å². The maximum absolute atomic E-state index is 12.1. The fourth-order valence-electron chi connectivity index (χ4n) is 1.76. The van der Waals surface area contributed by atoms with Crippen LogP contribution in [0.25, 0.3) is 0 Å². The number of carboxylic acids is 1. The van der Waals surface area contributed by atoms with Crippen LogP contribution < -0.4 is 4.74 Å². The van der Waals surface area contributed by atoms with E-state index < -0.39 is 11.5 Å². The minimum absolute atomic E-state index is 0.139. The average molecular weight is 358 g/mol. The molecular weight excluding hydrogens is 338 g/mol. The Hall–Kier alpha value is -1.56. The van der Waals surface area contributed by atoms with Crippen LogP contribution >= 0.6 is 15.9 Å². The van der Waals surface area contributed by atoms with Crippen molar-refractivity contribution in [1.29, 1.82) is 0 Å². The van der Waals surface area contributed by atoms with E-state index in [0.29, 0.717) is 5.75 Å². The first-order chi connectivity index (χ1) is 9.70. The number of carbonyl (C=O) groups is 2. The highest BCUT2D eigenvalue weighted by Crippen LogP contribution is 2.17. The molecule has 0 aliphatic carbocycles. The van der Waals surface area contributed by atoms with Crippen molar-refractivity contribution in [3.63, 3.8) is 0 Å². The second kappa shape index (κ2) is 7.45. The molecule has 0 bridgehead atoms. The Kier molecular flexibility index (Phi) is 6.20. The van der Waals surface area contributed by atoms with Gasteiger partial charge in [0.05, 0.1) is 13.0 Å². The van der Waals surface area contributed by atoms with Crippen LogP contribution in [0.5, 0.6) is 5.75 Å². The molecule has 0 atom stereocenters. The van der Waals surface area contributed by atoms with E-state index in [1.165, 1.54) is 4.90 Å². The number of hydrogen-bond donors (Lipinski definition) is 1. The number of halogens is 1. The van der Waals surface area contributed by atoms with Gasteiger partial charge in [-0.1, -0.05) is 15.9 Å². The number of nitrogens with zero attached hydrogens (tertiary/aromatic N) is 1. The van der Waals surface area contributed by atoms with Crippen LogP contribution in [0.15, 0.2) is 28.7 Å². The molecule has 0 aliphatic rings. The Labute approximate surface area is 133 Å². The summed E-state index contributed by atoms with van der Waals surface area (Å²) < 4.78 is 6.43. The zero-order valence-electron chi connectivity index (χ0n) is 12.4. The van der Waals surface area contributed by atoms with Crippen LogP contribution in [0.1, 0.15) is 27.2 Å². The Morgan fingerprint density at radius 2 is 1.81 bits per heavy atom. The summed E-state index contributed by atoms with van der Waals surface area (Å²) in [6.45, 7) is 5.34. The molecule has 0 spiro atoms. The van der Waals surface area contributed by atoms with E-state index in [2.05, 4.69) is 15.9 Å². The highest BCUT2D eigenvalue weighted by atomic mass is 79.9. The monoisotopic (exact) mass is 357 g/mol. The number of hydrogen-bond acceptors (Lipinski definition) is 3. The van der Waals surface area contributed by atoms with Crippen LogP contribution in [0.4, 0.5) is 0 Å². The molecule has 0 radical (unpaired) electrons. The molecule has 0 saturated heterocycles. The predicted molar refractivity (Wildman–Crippen MR) is 83.4 cm³/mol. The maximum atomic E-state index is 12.1. The summed E-state index contributed by atoms with van der Waals surface area (Å²) in [5, 5.41) is 8.90. The number of carboxylic acid groups (broad SMARTS) is 1. The van der Waals surface area contributed by atoms with Crippen molar-refractivity contribution in [2.24, 2.45) is 0 Å². The van der Waals surface area contributed by atoms with Crippen LogP contribution in [-0.2, 0) is 9.59 Å². The molecule has 1 N–H and O–H groups in total. The quantitative estimate of drug-likeness (QED) is 0.849. The molecule has 1 aromatic carbocycles. The lowest BCUT2D eigenvalue weighted by Gasteiger charge is -2.34. The minimum Gasteiger partial charge on any atom is -0.493 e. The smallest absolute Gasteiger partial charge is 0.323 e. The summed E-state index contributed by atoms with van der Waals surface area (Å²) >= 11 is 3.33. The molecule has 0 saturated carbocycles. The minimum atomic E-state index is -1.02. The van der Waals surface area contributed by atoms with E-state index in [0.717, 1.165) is 4.47 Å². The Morgan fingerprint density at radius 1 is 1.24 bits per heavy atom. The lowest BCUT2D eigenvalue weighted by atomic mass is 10.1. The van der Waals surface area contributed by atoms with Crippen molar-refractivity contribution in [2.75, 3.05) is 13.2 Å². The van der Waals surface area contributed by atoms with Crippen LogP contribution in [0.3, 0.4) is 0 Å². The SMILES string of the molecule is CC(C)(C)N(CC(=O)O)C(=O)CCOc1ccc(Br)cc1. The van der Waals surface area contributed by atoms with Crippen LogP contribution in [0.2, 0.25) is 0 Å². The van der Waals surface area contributed by atoms with E-state index in [9.17, 15) is 9.59 Å². The van der Waals surface area contributed by atoms with Crippen molar-refractivity contribution in [1.82, 2.24) is 4.90 Å². The first-order valence-electron chi connectivity index (χ1n) is 6.61. The summed E-state index contributed by atoms with van der Waals surface area (Å²) in [7, 11) is 0. The van der Waals surface area contributed by atoms with Crippen molar-refractivity contribution in [3.05, 3.63) is 28.7 Å². The standard InChI is InChI=1S/C15H20BrNO4/c1-15(2,3)17(10-14(19)20)13(18)8-9-21-12-6-4-11(16)5-7-12/h4-7H,8-10H2,1-3H3,(H,19,20). The molecule has 0 aromatic heterocycles. The van der Waals surface area contributed by atoms with E-state index in [1.807, 2.05) is 32.9 Å². The van der Waals surface area contributed by atoms with Gasteiger partial charge < -0.3 is 14.7 Å². The number of amides is 1. The fraction of sp³-hybridized carbons (Fsp3) is 0.467. The number of aliphatic carboxylic acids is 1. The zero-order valence-corrected chi connectivity index (χ0v) is 14.0. The number of benzene rings is 1. The molecule has 1 amide bonds. The molecule has 0 unspecified atom stereocenters. The van der Waals surface area contributed by atoms with Gasteiger partial charge >= 0.3 is 5.97 Å². The fourth-order valence-corrected chi connectivity index (χ4v) is 2.02. The second-order valence-electron chi connectivity index (χ2n) is 5.60. The van der Waals surface area contributed by atoms with E-state index >= 15 is 0 Å². The number of rotatable bonds is 6. The van der Waals surface area contributed by atoms with Gasteiger partial charge in [-0.2, -0.15) is 0 Å². The highest BCUT2D eigenvalue weighted by Gasteiger charge is 2.27. The molecule has 21 heavy (non-hydrogen) atoms. The molecule has 1 rings (SSSR count). The topological polar surface area (TPSA) is 66.8 Å². The van der Waals surface area contributed by atoms with Crippen LogP contribution in [0, 0.1) is 0 Å². The van der Waals surface area contributed by atoms with Gasteiger partial charge in [-0.05, 0) is 45.0 Å². The van der Waals surface area contributed by atoms with Gasteiger partial charge in [-0.15, -0.1) is 0 Å². The average Bonchev–Trinajstić information content (AvgIpc) is 2.36. The van der Waals surface area contributed by atoms with Gasteiger partial charge in [0.15, 0.2) is 0 Å². The molecule has 1 aromatic rings. The second-order valence-corrected chi connectivity index (χ2v) is 6.51. The lowest BCUT2D eigenvalue weighted by Crippen LogP contribution is -2.48. The zero-order chi connectivity index (χ0) is 16.0. The van der Waals surface area contributed by atoms with Gasteiger partial charge in [0.25, 0.3) is 0 Å². The van der Waals surface area contributed by atoms with Crippen molar-refractivity contribution < 1.29 is 19.4 Å². The first-order valence-corrected chi connectivity index (χ1v) is 7.40. The van der Waals surface area contributed by atoms with Gasteiger partial charge in [-0.25, -0.2) is 0 Å². The summed E-state index contributed by atoms with van der Waals surface area (Å²) in [5.74, 6) is -0.583. The highest BCUT2D eigenvalue weighted by molar-refractivity contribution is 9.10. The predicted octanol–water partition coefficient (Wildman–Crippen LogP) is 2.93. The molecule has 0 fully saturated rings. The van der Waals surface area contributed by atoms with Crippen LogP contribution in [-0.4, -0.2) is 40.6 Å². The molecule has 5 nitrogen and oxygen atoms in total. The maximum Gasteiger partial charge on any atom is 0.323 e. The van der Waals surface area contributed by atoms with Crippen molar-refractivity contribution in [2.45, 2.75) is 32.7 Å². The molecule has 0 heterocycles. The third-order valence-electron chi connectivity index (χ3n) is 2.80. The van der Waals surface area contributed by atoms with Crippen molar-refractivity contribution in [3.8, 4) is 5.75 Å².